The van der Waals surface area contributed by atoms with Crippen molar-refractivity contribution in [3.05, 3.63) is 40.8 Å². The fourth-order valence-corrected chi connectivity index (χ4v) is 1.84. The van der Waals surface area contributed by atoms with Crippen molar-refractivity contribution >= 4 is 17.0 Å². The maximum absolute atomic E-state index is 12.0. The van der Waals surface area contributed by atoms with E-state index in [2.05, 4.69) is 15.0 Å². The summed E-state index contributed by atoms with van der Waals surface area (Å²) < 4.78 is 28.3. The molecule has 2 rings (SSSR count). The Bertz CT molecular complexity index is 462. The normalized spacial score (nSPS) is 10.5. The first-order valence-electron chi connectivity index (χ1n) is 4.90. The number of hydrogen-bond donors (Lipinski definition) is 1. The number of anilines is 1. The average molecular weight is 256 g/mol. The Labute approximate surface area is 101 Å². The van der Waals surface area contributed by atoms with Crippen molar-refractivity contribution in [1.82, 2.24) is 4.98 Å². The first-order valence-corrected chi connectivity index (χ1v) is 5.78. The van der Waals surface area contributed by atoms with Crippen molar-refractivity contribution in [3.8, 4) is 5.75 Å². The lowest BCUT2D eigenvalue weighted by Crippen LogP contribution is -2.03. The van der Waals surface area contributed by atoms with E-state index in [0.717, 1.165) is 10.6 Å². The number of aromatic nitrogens is 1. The fourth-order valence-electron chi connectivity index (χ4n) is 1.30. The van der Waals surface area contributed by atoms with E-state index in [1.54, 1.807) is 23.8 Å². The third-order valence-corrected chi connectivity index (χ3v) is 2.79. The molecule has 0 fully saturated rings. The highest BCUT2D eigenvalue weighted by Gasteiger charge is 2.04. The maximum atomic E-state index is 12.0. The van der Waals surface area contributed by atoms with Crippen molar-refractivity contribution in [3.63, 3.8) is 0 Å². The molecule has 0 amide bonds. The van der Waals surface area contributed by atoms with Crippen molar-refractivity contribution < 1.29 is 13.5 Å². The summed E-state index contributed by atoms with van der Waals surface area (Å²) in [6.07, 6.45) is 1.76. The third kappa shape index (κ3) is 3.67. The van der Waals surface area contributed by atoms with E-state index in [4.69, 9.17) is 0 Å². The molecule has 1 heterocycles. The van der Waals surface area contributed by atoms with Gasteiger partial charge in [-0.05, 0) is 12.1 Å². The van der Waals surface area contributed by atoms with Gasteiger partial charge in [0.2, 0.25) is 0 Å². The highest BCUT2D eigenvalue weighted by Crippen LogP contribution is 2.20. The summed E-state index contributed by atoms with van der Waals surface area (Å²) in [7, 11) is 0. The molecule has 3 nitrogen and oxygen atoms in total. The van der Waals surface area contributed by atoms with Gasteiger partial charge in [0.05, 0.1) is 12.1 Å². The minimum Gasteiger partial charge on any atom is -0.435 e. The van der Waals surface area contributed by atoms with Gasteiger partial charge in [-0.25, -0.2) is 0 Å². The monoisotopic (exact) mass is 256 g/mol. The topological polar surface area (TPSA) is 34.1 Å². The molecular weight excluding hydrogens is 246 g/mol. The molecular formula is C11H10F2N2OS. The molecule has 6 heteroatoms. The van der Waals surface area contributed by atoms with E-state index in [1.165, 1.54) is 23.5 Å². The number of rotatable bonds is 5. The Morgan fingerprint density at radius 2 is 2.29 bits per heavy atom. The zero-order valence-electron chi connectivity index (χ0n) is 8.77. The Kier molecular flexibility index (Phi) is 3.87. The summed E-state index contributed by atoms with van der Waals surface area (Å²) in [4.78, 5) is 5.02. The van der Waals surface area contributed by atoms with Crippen LogP contribution in [0.5, 0.6) is 5.75 Å². The van der Waals surface area contributed by atoms with E-state index >= 15 is 0 Å². The van der Waals surface area contributed by atoms with Gasteiger partial charge in [-0.15, -0.1) is 11.3 Å². The van der Waals surface area contributed by atoms with Crippen LogP contribution in [0, 0.1) is 0 Å². The Hall–Kier alpha value is -1.69. The van der Waals surface area contributed by atoms with Crippen LogP contribution in [0.4, 0.5) is 14.5 Å². The molecule has 0 aliphatic heterocycles. The highest BCUT2D eigenvalue weighted by atomic mass is 32.1. The van der Waals surface area contributed by atoms with Crippen molar-refractivity contribution in [2.24, 2.45) is 0 Å². The van der Waals surface area contributed by atoms with Gasteiger partial charge in [-0.3, -0.25) is 4.98 Å². The molecule has 0 saturated carbocycles. The second kappa shape index (κ2) is 5.58. The minimum atomic E-state index is -2.80. The number of benzene rings is 1. The number of thiazole rings is 1. The Morgan fingerprint density at radius 3 is 3.00 bits per heavy atom. The van der Waals surface area contributed by atoms with Gasteiger partial charge in [0.1, 0.15) is 5.75 Å². The van der Waals surface area contributed by atoms with Crippen LogP contribution in [0.3, 0.4) is 0 Å². The van der Waals surface area contributed by atoms with Crippen molar-refractivity contribution in [2.75, 3.05) is 5.32 Å². The third-order valence-electron chi connectivity index (χ3n) is 2.01. The average Bonchev–Trinajstić information content (AvgIpc) is 2.79. The maximum Gasteiger partial charge on any atom is 0.387 e. The molecule has 1 N–H and O–H groups in total. The zero-order chi connectivity index (χ0) is 12.1. The summed E-state index contributed by atoms with van der Waals surface area (Å²) in [5.74, 6) is 0.148. The number of hydrogen-bond acceptors (Lipinski definition) is 4. The first kappa shape index (κ1) is 11.8. The molecule has 0 atom stereocenters. The van der Waals surface area contributed by atoms with Crippen LogP contribution in [-0.2, 0) is 6.54 Å². The summed E-state index contributed by atoms with van der Waals surface area (Å²) in [5, 5.41) is 3.11. The smallest absolute Gasteiger partial charge is 0.387 e. The largest absolute Gasteiger partial charge is 0.435 e. The standard InChI is InChI=1S/C11H10F2N2OS/c12-11(13)16-9-3-1-2-8(4-9)15-6-10-5-14-7-17-10/h1-5,7,11,15H,6H2. The minimum absolute atomic E-state index is 0.148. The zero-order valence-corrected chi connectivity index (χ0v) is 9.58. The molecule has 90 valence electrons. The molecule has 0 bridgehead atoms. The number of halogens is 2. The predicted molar refractivity (Wildman–Crippen MR) is 62.5 cm³/mol. The summed E-state index contributed by atoms with van der Waals surface area (Å²) >= 11 is 1.53. The van der Waals surface area contributed by atoms with E-state index in [0.29, 0.717) is 6.54 Å². The molecule has 0 spiro atoms. The molecule has 0 aliphatic rings. The van der Waals surface area contributed by atoms with E-state index in [-0.39, 0.29) is 5.75 Å². The Balaban J connectivity index is 1.96. The first-order chi connectivity index (χ1) is 8.24. The lowest BCUT2D eigenvalue weighted by molar-refractivity contribution is -0.0498. The van der Waals surface area contributed by atoms with Gasteiger partial charge in [0.15, 0.2) is 0 Å². The van der Waals surface area contributed by atoms with E-state index in [9.17, 15) is 8.78 Å². The van der Waals surface area contributed by atoms with Crippen LogP contribution < -0.4 is 10.1 Å². The van der Waals surface area contributed by atoms with Crippen LogP contribution in [0.1, 0.15) is 4.88 Å². The SMILES string of the molecule is FC(F)Oc1cccc(NCc2cncs2)c1. The molecule has 0 radical (unpaired) electrons. The van der Waals surface area contributed by atoms with Crippen LogP contribution in [-0.4, -0.2) is 11.6 Å². The van der Waals surface area contributed by atoms with E-state index < -0.39 is 6.61 Å². The molecule has 2 aromatic rings. The molecule has 0 aliphatic carbocycles. The van der Waals surface area contributed by atoms with Gasteiger partial charge < -0.3 is 10.1 Å². The van der Waals surface area contributed by atoms with Gasteiger partial charge in [0, 0.05) is 22.8 Å². The lowest BCUT2D eigenvalue weighted by atomic mass is 10.3. The van der Waals surface area contributed by atoms with Gasteiger partial charge in [-0.2, -0.15) is 8.78 Å². The lowest BCUT2D eigenvalue weighted by Gasteiger charge is -2.08. The van der Waals surface area contributed by atoms with Gasteiger partial charge in [-0.1, -0.05) is 6.07 Å². The fraction of sp³-hybridized carbons (Fsp3) is 0.182. The van der Waals surface area contributed by atoms with Crippen LogP contribution in [0.15, 0.2) is 36.0 Å². The molecule has 0 unspecified atom stereocenters. The predicted octanol–water partition coefficient (Wildman–Crippen LogP) is 3.36. The van der Waals surface area contributed by atoms with Crippen LogP contribution in [0.2, 0.25) is 0 Å². The molecule has 1 aromatic heterocycles. The number of nitrogens with zero attached hydrogens (tertiary/aromatic N) is 1. The molecule has 1 aromatic carbocycles. The second-order valence-electron chi connectivity index (χ2n) is 3.23. The van der Waals surface area contributed by atoms with Gasteiger partial charge in [0.25, 0.3) is 0 Å². The molecule has 17 heavy (non-hydrogen) atoms. The van der Waals surface area contributed by atoms with Crippen molar-refractivity contribution in [1.29, 1.82) is 0 Å². The highest BCUT2D eigenvalue weighted by molar-refractivity contribution is 7.09. The number of alkyl halides is 2. The van der Waals surface area contributed by atoms with Crippen LogP contribution >= 0.6 is 11.3 Å². The van der Waals surface area contributed by atoms with Crippen molar-refractivity contribution in [2.45, 2.75) is 13.2 Å². The summed E-state index contributed by atoms with van der Waals surface area (Å²) in [5.41, 5.74) is 2.48. The summed E-state index contributed by atoms with van der Waals surface area (Å²) in [6, 6.07) is 6.48. The second-order valence-corrected chi connectivity index (χ2v) is 4.20. The summed E-state index contributed by atoms with van der Waals surface area (Å²) in [6.45, 7) is -2.19. The molecule has 0 saturated heterocycles. The van der Waals surface area contributed by atoms with E-state index in [1.807, 2.05) is 0 Å². The quantitative estimate of drug-likeness (QED) is 0.890. The Morgan fingerprint density at radius 1 is 1.41 bits per heavy atom. The number of ether oxygens (including phenoxy) is 1. The van der Waals surface area contributed by atoms with Gasteiger partial charge >= 0.3 is 6.61 Å². The number of nitrogens with one attached hydrogen (secondary N) is 1. The van der Waals surface area contributed by atoms with Crippen LogP contribution in [0.25, 0.3) is 0 Å².